The molecule has 0 aromatic heterocycles. The molecule has 5 heteroatoms. The molecule has 0 saturated carbocycles. The van der Waals surface area contributed by atoms with Crippen molar-refractivity contribution in [3.05, 3.63) is 6.42 Å². The molecule has 1 unspecified atom stereocenters. The standard InChI is InChI=1S/C6H10NO4/c7-4(3-6(10)11)1-2-5(8)9/h1,4H,2-3,7H2,(H,8,9)(H,10,11). The van der Waals surface area contributed by atoms with Gasteiger partial charge in [-0.25, -0.2) is 0 Å². The minimum atomic E-state index is -1.03. The van der Waals surface area contributed by atoms with E-state index in [9.17, 15) is 9.59 Å². The number of carboxylic acid groups (broad SMARTS) is 2. The Kier molecular flexibility index (Phi) is 4.21. The van der Waals surface area contributed by atoms with E-state index in [1.165, 1.54) is 6.42 Å². The first-order valence-corrected chi connectivity index (χ1v) is 3.05. The minimum Gasteiger partial charge on any atom is -0.481 e. The Hall–Kier alpha value is -1.10. The second kappa shape index (κ2) is 4.68. The van der Waals surface area contributed by atoms with E-state index in [0.717, 1.165) is 0 Å². The van der Waals surface area contributed by atoms with Gasteiger partial charge in [-0.3, -0.25) is 9.59 Å². The zero-order valence-corrected chi connectivity index (χ0v) is 5.86. The number of carbonyl (C=O) groups is 2. The first-order chi connectivity index (χ1) is 5.02. The van der Waals surface area contributed by atoms with Crippen LogP contribution in [-0.2, 0) is 9.59 Å². The molecule has 0 saturated heterocycles. The van der Waals surface area contributed by atoms with E-state index in [2.05, 4.69) is 0 Å². The lowest BCUT2D eigenvalue weighted by Crippen LogP contribution is -2.25. The summed E-state index contributed by atoms with van der Waals surface area (Å²) in [5.41, 5.74) is 5.22. The molecule has 63 valence electrons. The van der Waals surface area contributed by atoms with Crippen LogP contribution in [0.1, 0.15) is 12.8 Å². The molecule has 0 amide bonds. The van der Waals surface area contributed by atoms with Crippen LogP contribution < -0.4 is 5.73 Å². The maximum absolute atomic E-state index is 10.0. The number of carboxylic acids is 2. The molecule has 0 aromatic carbocycles. The fourth-order valence-electron chi connectivity index (χ4n) is 0.537. The van der Waals surface area contributed by atoms with E-state index in [0.29, 0.717) is 0 Å². The summed E-state index contributed by atoms with van der Waals surface area (Å²) in [6, 6.07) is -0.677. The molecule has 0 spiro atoms. The summed E-state index contributed by atoms with van der Waals surface area (Å²) in [5, 5.41) is 16.4. The normalized spacial score (nSPS) is 12.5. The number of rotatable bonds is 5. The van der Waals surface area contributed by atoms with Crippen LogP contribution in [0.3, 0.4) is 0 Å². The highest BCUT2D eigenvalue weighted by atomic mass is 16.4. The van der Waals surface area contributed by atoms with Crippen LogP contribution in [0.15, 0.2) is 0 Å². The zero-order valence-electron chi connectivity index (χ0n) is 5.86. The van der Waals surface area contributed by atoms with Gasteiger partial charge in [-0.15, -0.1) is 0 Å². The fourth-order valence-corrected chi connectivity index (χ4v) is 0.537. The highest BCUT2D eigenvalue weighted by Gasteiger charge is 2.09. The summed E-state index contributed by atoms with van der Waals surface area (Å²) < 4.78 is 0. The number of nitrogens with two attached hydrogens (primary N) is 1. The van der Waals surface area contributed by atoms with Crippen LogP contribution in [0.4, 0.5) is 0 Å². The van der Waals surface area contributed by atoms with Gasteiger partial charge in [0.1, 0.15) is 0 Å². The summed E-state index contributed by atoms with van der Waals surface area (Å²) >= 11 is 0. The third-order valence-electron chi connectivity index (χ3n) is 1.01. The van der Waals surface area contributed by atoms with Gasteiger partial charge in [0.25, 0.3) is 0 Å². The Balaban J connectivity index is 3.44. The number of aliphatic carboxylic acids is 2. The summed E-state index contributed by atoms with van der Waals surface area (Å²) in [4.78, 5) is 20.0. The van der Waals surface area contributed by atoms with E-state index >= 15 is 0 Å². The SMILES string of the molecule is NC([CH]CC(=O)O)CC(=O)O. The molecular formula is C6H10NO4. The van der Waals surface area contributed by atoms with Crippen molar-refractivity contribution in [2.45, 2.75) is 18.9 Å². The average molecular weight is 160 g/mol. The Morgan fingerprint density at radius 2 is 1.91 bits per heavy atom. The topological polar surface area (TPSA) is 101 Å². The van der Waals surface area contributed by atoms with Crippen LogP contribution in [-0.4, -0.2) is 28.2 Å². The molecule has 0 rings (SSSR count). The van der Waals surface area contributed by atoms with Gasteiger partial charge in [-0.2, -0.15) is 0 Å². The lowest BCUT2D eigenvalue weighted by atomic mass is 10.1. The van der Waals surface area contributed by atoms with Gasteiger partial charge in [0.05, 0.1) is 6.42 Å². The van der Waals surface area contributed by atoms with E-state index < -0.39 is 18.0 Å². The monoisotopic (exact) mass is 160 g/mol. The molecule has 4 N–H and O–H groups in total. The smallest absolute Gasteiger partial charge is 0.304 e. The Bertz CT molecular complexity index is 157. The van der Waals surface area contributed by atoms with Gasteiger partial charge in [0, 0.05) is 12.5 Å². The number of hydrogen-bond acceptors (Lipinski definition) is 3. The van der Waals surface area contributed by atoms with Crippen LogP contribution in [0.2, 0.25) is 0 Å². The van der Waals surface area contributed by atoms with E-state index in [1.54, 1.807) is 0 Å². The van der Waals surface area contributed by atoms with E-state index in [-0.39, 0.29) is 12.8 Å². The largest absolute Gasteiger partial charge is 0.481 e. The molecule has 1 atom stereocenters. The summed E-state index contributed by atoms with van der Waals surface area (Å²) in [7, 11) is 0. The highest BCUT2D eigenvalue weighted by Crippen LogP contribution is 1.96. The molecule has 0 heterocycles. The Morgan fingerprint density at radius 1 is 1.36 bits per heavy atom. The van der Waals surface area contributed by atoms with Crippen LogP contribution in [0.25, 0.3) is 0 Å². The molecule has 11 heavy (non-hydrogen) atoms. The lowest BCUT2D eigenvalue weighted by molar-refractivity contribution is -0.138. The molecule has 5 nitrogen and oxygen atoms in total. The predicted molar refractivity (Wildman–Crippen MR) is 36.8 cm³/mol. The van der Waals surface area contributed by atoms with Crippen molar-refractivity contribution in [3.63, 3.8) is 0 Å². The van der Waals surface area contributed by atoms with Gasteiger partial charge in [-0.1, -0.05) is 0 Å². The van der Waals surface area contributed by atoms with Crippen molar-refractivity contribution in [1.82, 2.24) is 0 Å². The van der Waals surface area contributed by atoms with Gasteiger partial charge in [0.15, 0.2) is 0 Å². The molecular weight excluding hydrogens is 150 g/mol. The van der Waals surface area contributed by atoms with Crippen LogP contribution >= 0.6 is 0 Å². The molecule has 0 aliphatic rings. The first kappa shape index (κ1) is 9.90. The van der Waals surface area contributed by atoms with Gasteiger partial charge in [0.2, 0.25) is 0 Å². The molecule has 0 fully saturated rings. The van der Waals surface area contributed by atoms with Crippen molar-refractivity contribution in [2.75, 3.05) is 0 Å². The summed E-state index contributed by atoms with van der Waals surface area (Å²) in [6.45, 7) is 0. The second-order valence-electron chi connectivity index (χ2n) is 2.10. The van der Waals surface area contributed by atoms with Crippen molar-refractivity contribution >= 4 is 11.9 Å². The van der Waals surface area contributed by atoms with Gasteiger partial charge < -0.3 is 15.9 Å². The minimum absolute atomic E-state index is 0.200. The molecule has 0 bridgehead atoms. The van der Waals surface area contributed by atoms with E-state index in [4.69, 9.17) is 15.9 Å². The number of hydrogen-bond donors (Lipinski definition) is 3. The summed E-state index contributed by atoms with van der Waals surface area (Å²) in [6.07, 6.45) is 0.832. The molecule has 0 aliphatic heterocycles. The van der Waals surface area contributed by atoms with Crippen molar-refractivity contribution in [3.8, 4) is 0 Å². The Morgan fingerprint density at radius 3 is 2.27 bits per heavy atom. The zero-order chi connectivity index (χ0) is 8.85. The van der Waals surface area contributed by atoms with E-state index in [1.807, 2.05) is 0 Å². The average Bonchev–Trinajstić information content (AvgIpc) is 1.82. The van der Waals surface area contributed by atoms with Crippen LogP contribution in [0, 0.1) is 6.42 Å². The van der Waals surface area contributed by atoms with Crippen molar-refractivity contribution in [1.29, 1.82) is 0 Å². The fraction of sp³-hybridized carbons (Fsp3) is 0.500. The molecule has 1 radical (unpaired) electrons. The second-order valence-corrected chi connectivity index (χ2v) is 2.10. The van der Waals surface area contributed by atoms with Crippen LogP contribution in [0.5, 0.6) is 0 Å². The first-order valence-electron chi connectivity index (χ1n) is 3.05. The quantitative estimate of drug-likeness (QED) is 0.501. The maximum Gasteiger partial charge on any atom is 0.304 e. The third-order valence-corrected chi connectivity index (χ3v) is 1.01. The molecule has 0 aromatic rings. The highest BCUT2D eigenvalue weighted by molar-refractivity contribution is 5.70. The van der Waals surface area contributed by atoms with Gasteiger partial charge in [-0.05, 0) is 6.42 Å². The van der Waals surface area contributed by atoms with Crippen molar-refractivity contribution < 1.29 is 19.8 Å². The summed E-state index contributed by atoms with van der Waals surface area (Å²) in [5.74, 6) is -2.04. The Labute approximate surface area is 63.8 Å². The lowest BCUT2D eigenvalue weighted by Gasteiger charge is -2.04. The maximum atomic E-state index is 10.0. The third kappa shape index (κ3) is 6.79. The van der Waals surface area contributed by atoms with Gasteiger partial charge >= 0.3 is 11.9 Å². The van der Waals surface area contributed by atoms with Crippen molar-refractivity contribution in [2.24, 2.45) is 5.73 Å². The molecule has 0 aliphatic carbocycles. The predicted octanol–water partition coefficient (Wildman–Crippen LogP) is -0.533.